The maximum atomic E-state index is 6.24. The largest absolute Gasteiger partial charge is 0.383 e. The van der Waals surface area contributed by atoms with E-state index in [-0.39, 0.29) is 5.54 Å². The van der Waals surface area contributed by atoms with E-state index in [1.807, 2.05) is 7.11 Å². The predicted molar refractivity (Wildman–Crippen MR) is 82.3 cm³/mol. The maximum absolute atomic E-state index is 6.24. The van der Waals surface area contributed by atoms with Crippen molar-refractivity contribution in [1.82, 2.24) is 4.90 Å². The molecule has 19 heavy (non-hydrogen) atoms. The number of hydrogen-bond acceptors (Lipinski definition) is 3. The molecule has 1 atom stereocenters. The van der Waals surface area contributed by atoms with Crippen molar-refractivity contribution in [3.63, 3.8) is 0 Å². The highest BCUT2D eigenvalue weighted by atomic mass is 16.5. The van der Waals surface area contributed by atoms with Crippen LogP contribution in [-0.2, 0) is 4.74 Å². The molecular formula is C16H34N2O. The number of methoxy groups -OCH3 is 1. The van der Waals surface area contributed by atoms with Crippen molar-refractivity contribution < 1.29 is 4.74 Å². The van der Waals surface area contributed by atoms with Crippen LogP contribution < -0.4 is 5.73 Å². The van der Waals surface area contributed by atoms with Crippen molar-refractivity contribution in [3.8, 4) is 0 Å². The molecule has 0 aromatic heterocycles. The van der Waals surface area contributed by atoms with E-state index in [0.29, 0.717) is 18.5 Å². The molecule has 0 spiro atoms. The fourth-order valence-electron chi connectivity index (χ4n) is 3.47. The third kappa shape index (κ3) is 3.93. The fourth-order valence-corrected chi connectivity index (χ4v) is 3.47. The van der Waals surface area contributed by atoms with E-state index in [1.165, 1.54) is 25.7 Å². The summed E-state index contributed by atoms with van der Waals surface area (Å²) in [5.74, 6) is 1.40. The summed E-state index contributed by atoms with van der Waals surface area (Å²) in [5.41, 5.74) is 6.30. The molecule has 1 rings (SSSR count). The first kappa shape index (κ1) is 16.9. The Labute approximate surface area is 119 Å². The third-order valence-electron chi connectivity index (χ3n) is 4.60. The molecule has 0 saturated heterocycles. The minimum Gasteiger partial charge on any atom is -0.383 e. The summed E-state index contributed by atoms with van der Waals surface area (Å²) in [6.45, 7) is 11.8. The highest BCUT2D eigenvalue weighted by Crippen LogP contribution is 2.44. The normalized spacial score (nSPS) is 19.4. The van der Waals surface area contributed by atoms with E-state index in [1.54, 1.807) is 0 Å². The van der Waals surface area contributed by atoms with Crippen LogP contribution >= 0.6 is 0 Å². The van der Waals surface area contributed by atoms with Crippen LogP contribution in [0.3, 0.4) is 0 Å². The Kier molecular flexibility index (Phi) is 6.78. The second-order valence-electron chi connectivity index (χ2n) is 6.53. The first-order chi connectivity index (χ1) is 9.05. The van der Waals surface area contributed by atoms with Crippen LogP contribution in [0.15, 0.2) is 0 Å². The Morgan fingerprint density at radius 2 is 1.84 bits per heavy atom. The molecule has 0 aliphatic heterocycles. The van der Waals surface area contributed by atoms with Crippen LogP contribution in [0.2, 0.25) is 0 Å². The van der Waals surface area contributed by atoms with Gasteiger partial charge in [0.05, 0.1) is 12.1 Å². The van der Waals surface area contributed by atoms with Gasteiger partial charge in [-0.3, -0.25) is 4.90 Å². The number of hydrogen-bond donors (Lipinski definition) is 1. The molecule has 1 aliphatic rings. The molecule has 0 aromatic rings. The standard InChI is InChI=1S/C16H34N2O/c1-6-15(7-2)18(10-13(3)4)16(11-17,12-19-5)14-8-9-14/h13-15H,6-12,17H2,1-5H3. The van der Waals surface area contributed by atoms with Gasteiger partial charge >= 0.3 is 0 Å². The number of nitrogens with zero attached hydrogens (tertiary/aromatic N) is 1. The molecule has 0 aromatic carbocycles. The van der Waals surface area contributed by atoms with E-state index in [2.05, 4.69) is 32.6 Å². The zero-order valence-corrected chi connectivity index (χ0v) is 13.6. The van der Waals surface area contributed by atoms with E-state index in [4.69, 9.17) is 10.5 Å². The van der Waals surface area contributed by atoms with Gasteiger partial charge < -0.3 is 10.5 Å². The molecular weight excluding hydrogens is 236 g/mol. The van der Waals surface area contributed by atoms with Gasteiger partial charge in [0.1, 0.15) is 0 Å². The molecule has 0 bridgehead atoms. The highest BCUT2D eigenvalue weighted by Gasteiger charge is 2.49. The van der Waals surface area contributed by atoms with Gasteiger partial charge in [-0.15, -0.1) is 0 Å². The zero-order valence-electron chi connectivity index (χ0n) is 13.6. The second-order valence-corrected chi connectivity index (χ2v) is 6.53. The molecule has 0 radical (unpaired) electrons. The van der Waals surface area contributed by atoms with Crippen LogP contribution in [0.1, 0.15) is 53.4 Å². The SMILES string of the molecule is CCC(CC)N(CC(C)C)C(CN)(COC)C1CC1. The average Bonchev–Trinajstić information content (AvgIpc) is 3.20. The summed E-state index contributed by atoms with van der Waals surface area (Å²) in [7, 11) is 1.81. The van der Waals surface area contributed by atoms with Crippen LogP contribution in [0.25, 0.3) is 0 Å². The first-order valence-electron chi connectivity index (χ1n) is 8.01. The van der Waals surface area contributed by atoms with Crippen LogP contribution in [0, 0.1) is 11.8 Å². The van der Waals surface area contributed by atoms with Gasteiger partial charge in [-0.05, 0) is 37.5 Å². The minimum atomic E-state index is 0.0652. The first-order valence-corrected chi connectivity index (χ1v) is 8.01. The molecule has 1 aliphatic carbocycles. The summed E-state index contributed by atoms with van der Waals surface area (Å²) in [6, 6.07) is 0.627. The van der Waals surface area contributed by atoms with Crippen LogP contribution in [0.4, 0.5) is 0 Å². The lowest BCUT2D eigenvalue weighted by Crippen LogP contribution is -2.62. The molecule has 3 nitrogen and oxygen atoms in total. The number of nitrogens with two attached hydrogens (primary N) is 1. The monoisotopic (exact) mass is 270 g/mol. The molecule has 1 fully saturated rings. The van der Waals surface area contributed by atoms with Crippen molar-refractivity contribution >= 4 is 0 Å². The quantitative estimate of drug-likeness (QED) is 0.663. The molecule has 0 heterocycles. The third-order valence-corrected chi connectivity index (χ3v) is 4.60. The lowest BCUT2D eigenvalue weighted by Gasteiger charge is -2.48. The van der Waals surface area contributed by atoms with Gasteiger partial charge in [0, 0.05) is 26.2 Å². The van der Waals surface area contributed by atoms with Gasteiger partial charge in [-0.25, -0.2) is 0 Å². The van der Waals surface area contributed by atoms with Crippen molar-refractivity contribution in [2.45, 2.75) is 65.0 Å². The minimum absolute atomic E-state index is 0.0652. The Hall–Kier alpha value is -0.120. The van der Waals surface area contributed by atoms with Gasteiger partial charge in [0.25, 0.3) is 0 Å². The molecule has 0 amide bonds. The molecule has 2 N–H and O–H groups in total. The van der Waals surface area contributed by atoms with Crippen molar-refractivity contribution in [3.05, 3.63) is 0 Å². The summed E-state index contributed by atoms with van der Waals surface area (Å²) < 4.78 is 5.58. The van der Waals surface area contributed by atoms with E-state index in [0.717, 1.165) is 19.1 Å². The van der Waals surface area contributed by atoms with Gasteiger partial charge in [-0.1, -0.05) is 27.7 Å². The van der Waals surface area contributed by atoms with E-state index >= 15 is 0 Å². The van der Waals surface area contributed by atoms with E-state index < -0.39 is 0 Å². The predicted octanol–water partition coefficient (Wildman–Crippen LogP) is 2.89. The van der Waals surface area contributed by atoms with Gasteiger partial charge in [0.2, 0.25) is 0 Å². The molecule has 1 unspecified atom stereocenters. The molecule has 1 saturated carbocycles. The maximum Gasteiger partial charge on any atom is 0.0661 e. The van der Waals surface area contributed by atoms with Crippen LogP contribution in [0.5, 0.6) is 0 Å². The lowest BCUT2D eigenvalue weighted by molar-refractivity contribution is -0.0355. The van der Waals surface area contributed by atoms with E-state index in [9.17, 15) is 0 Å². The Morgan fingerprint density at radius 3 is 2.16 bits per heavy atom. The van der Waals surface area contributed by atoms with Crippen molar-refractivity contribution in [1.29, 1.82) is 0 Å². The Balaban J connectivity index is 3.00. The fraction of sp³-hybridized carbons (Fsp3) is 1.00. The average molecular weight is 270 g/mol. The molecule has 3 heteroatoms. The zero-order chi connectivity index (χ0) is 14.5. The highest BCUT2D eigenvalue weighted by molar-refractivity contribution is 5.05. The van der Waals surface area contributed by atoms with Crippen molar-refractivity contribution in [2.24, 2.45) is 17.6 Å². The Morgan fingerprint density at radius 1 is 1.26 bits per heavy atom. The summed E-state index contributed by atoms with van der Waals surface area (Å²) in [4.78, 5) is 2.69. The lowest BCUT2D eigenvalue weighted by atomic mass is 9.87. The van der Waals surface area contributed by atoms with Gasteiger partial charge in [0.15, 0.2) is 0 Å². The number of ether oxygens (including phenoxy) is 1. The summed E-state index contributed by atoms with van der Waals surface area (Å²) in [6.07, 6.45) is 5.02. The Bertz CT molecular complexity index is 249. The van der Waals surface area contributed by atoms with Crippen LogP contribution in [-0.4, -0.2) is 43.3 Å². The van der Waals surface area contributed by atoms with Crippen molar-refractivity contribution in [2.75, 3.05) is 26.8 Å². The molecule has 114 valence electrons. The second kappa shape index (κ2) is 7.61. The van der Waals surface area contributed by atoms with Gasteiger partial charge in [-0.2, -0.15) is 0 Å². The summed E-state index contributed by atoms with van der Waals surface area (Å²) >= 11 is 0. The number of rotatable bonds is 10. The summed E-state index contributed by atoms with van der Waals surface area (Å²) in [5, 5.41) is 0. The smallest absolute Gasteiger partial charge is 0.0661 e. The topological polar surface area (TPSA) is 38.5 Å².